The lowest BCUT2D eigenvalue weighted by molar-refractivity contribution is -0.134. The Morgan fingerprint density at radius 3 is 2.08 bits per heavy atom. The average molecular weight is 501 g/mol. The number of rotatable bonds is 8. The summed E-state index contributed by atoms with van der Waals surface area (Å²) in [4.78, 5) is 49.7. The number of carbonyl (C=O) groups is 4. The third kappa shape index (κ3) is 5.81. The number of fused-ring (bicyclic) bond motifs is 2. The van der Waals surface area contributed by atoms with Gasteiger partial charge in [-0.2, -0.15) is 0 Å². The quantitative estimate of drug-likeness (QED) is 0.280. The molecule has 10 nitrogen and oxygen atoms in total. The molecule has 3 heterocycles. The van der Waals surface area contributed by atoms with Crippen molar-refractivity contribution < 1.29 is 29.4 Å². The van der Waals surface area contributed by atoms with Gasteiger partial charge in [0.15, 0.2) is 0 Å². The molecule has 2 amide bonds. The summed E-state index contributed by atoms with van der Waals surface area (Å²) >= 11 is 0. The molecule has 0 spiro atoms. The second kappa shape index (κ2) is 11.2. The highest BCUT2D eigenvalue weighted by Crippen LogP contribution is 2.24. The van der Waals surface area contributed by atoms with Crippen LogP contribution in [0.3, 0.4) is 0 Å². The zero-order chi connectivity index (χ0) is 26.4. The van der Waals surface area contributed by atoms with Gasteiger partial charge >= 0.3 is 11.9 Å². The Labute approximate surface area is 211 Å². The molecule has 5 rings (SSSR count). The predicted molar refractivity (Wildman–Crippen MR) is 134 cm³/mol. The standard InChI is InChI=1S/C23H20N4O2.C4H4O4/c28-22-19-7-1-2-8-20(19)23(29)27(22)12-5-11-26-15-17(14-25-13-10-24-16-25)18-6-3-4-9-21(18)26;5-3(6)1-2-4(7)8/h1-4,6-10,13,15-16H,5,11-12,14H2;1-2H,(H,5,6)(H,7,8). The first-order valence-corrected chi connectivity index (χ1v) is 11.5. The highest BCUT2D eigenvalue weighted by molar-refractivity contribution is 6.21. The summed E-state index contributed by atoms with van der Waals surface area (Å²) in [6, 6.07) is 15.3. The van der Waals surface area contributed by atoms with Crippen molar-refractivity contribution in [3.05, 3.63) is 102 Å². The third-order valence-electron chi connectivity index (χ3n) is 5.81. The number of aliphatic carboxylic acids is 2. The van der Waals surface area contributed by atoms with Gasteiger partial charge in [-0.3, -0.25) is 14.5 Å². The molecular weight excluding hydrogens is 476 g/mol. The molecule has 37 heavy (non-hydrogen) atoms. The van der Waals surface area contributed by atoms with Crippen molar-refractivity contribution in [3.8, 4) is 0 Å². The van der Waals surface area contributed by atoms with Crippen LogP contribution in [0, 0.1) is 0 Å². The number of amides is 2. The lowest BCUT2D eigenvalue weighted by atomic mass is 10.1. The van der Waals surface area contributed by atoms with Gasteiger partial charge in [-0.25, -0.2) is 14.6 Å². The first-order chi connectivity index (χ1) is 17.8. The highest BCUT2D eigenvalue weighted by Gasteiger charge is 2.34. The van der Waals surface area contributed by atoms with E-state index in [1.807, 2.05) is 29.2 Å². The minimum absolute atomic E-state index is 0.191. The SMILES string of the molecule is O=C(O)C=CC(=O)O.O=C1c2ccccc2C(=O)N1CCCn1cc(Cn2ccnc2)c2ccccc21. The molecule has 1 aliphatic heterocycles. The van der Waals surface area contributed by atoms with Gasteiger partial charge in [-0.1, -0.05) is 30.3 Å². The van der Waals surface area contributed by atoms with Crippen LogP contribution in [0.5, 0.6) is 0 Å². The molecule has 188 valence electrons. The Balaban J connectivity index is 0.000000349. The lowest BCUT2D eigenvalue weighted by Gasteiger charge is -2.14. The van der Waals surface area contributed by atoms with Crippen LogP contribution in [0.2, 0.25) is 0 Å². The van der Waals surface area contributed by atoms with Gasteiger partial charge in [-0.05, 0) is 30.2 Å². The van der Waals surface area contributed by atoms with Gasteiger partial charge in [-0.15, -0.1) is 0 Å². The normalized spacial score (nSPS) is 12.6. The number of imidazole rings is 1. The zero-order valence-corrected chi connectivity index (χ0v) is 19.7. The number of carbonyl (C=O) groups excluding carboxylic acids is 2. The summed E-state index contributed by atoms with van der Waals surface area (Å²) in [6.07, 6.45) is 9.52. The molecule has 2 aromatic heterocycles. The van der Waals surface area contributed by atoms with Crippen LogP contribution in [0.4, 0.5) is 0 Å². The van der Waals surface area contributed by atoms with Crippen LogP contribution in [0.1, 0.15) is 32.7 Å². The second-order valence-corrected chi connectivity index (χ2v) is 8.27. The van der Waals surface area contributed by atoms with E-state index in [0.717, 1.165) is 18.6 Å². The van der Waals surface area contributed by atoms with Gasteiger partial charge in [0.05, 0.1) is 24.0 Å². The van der Waals surface area contributed by atoms with Crippen molar-refractivity contribution in [1.29, 1.82) is 0 Å². The number of imide groups is 1. The highest BCUT2D eigenvalue weighted by atomic mass is 16.4. The number of aryl methyl sites for hydroxylation is 1. The molecular formula is C27H24N4O6. The Morgan fingerprint density at radius 1 is 0.865 bits per heavy atom. The molecule has 0 atom stereocenters. The number of aromatic nitrogens is 3. The van der Waals surface area contributed by atoms with Crippen LogP contribution >= 0.6 is 0 Å². The van der Waals surface area contributed by atoms with E-state index in [4.69, 9.17) is 10.2 Å². The lowest BCUT2D eigenvalue weighted by Crippen LogP contribution is -2.31. The van der Waals surface area contributed by atoms with E-state index in [2.05, 4.69) is 27.9 Å². The fourth-order valence-electron chi connectivity index (χ4n) is 4.19. The Kier molecular flexibility index (Phi) is 7.58. The van der Waals surface area contributed by atoms with E-state index in [1.165, 1.54) is 15.8 Å². The molecule has 0 saturated carbocycles. The fourth-order valence-corrected chi connectivity index (χ4v) is 4.19. The van der Waals surface area contributed by atoms with Crippen molar-refractivity contribution in [1.82, 2.24) is 19.0 Å². The predicted octanol–water partition coefficient (Wildman–Crippen LogP) is 3.28. The number of benzene rings is 2. The van der Waals surface area contributed by atoms with Crippen molar-refractivity contribution in [2.45, 2.75) is 19.5 Å². The van der Waals surface area contributed by atoms with Crippen LogP contribution in [0.25, 0.3) is 10.9 Å². The van der Waals surface area contributed by atoms with E-state index < -0.39 is 11.9 Å². The maximum absolute atomic E-state index is 12.5. The number of hydrogen-bond donors (Lipinski definition) is 2. The first kappa shape index (κ1) is 25.1. The summed E-state index contributed by atoms with van der Waals surface area (Å²) in [5, 5.41) is 16.8. The van der Waals surface area contributed by atoms with E-state index in [0.29, 0.717) is 36.2 Å². The zero-order valence-electron chi connectivity index (χ0n) is 19.7. The Morgan fingerprint density at radius 2 is 1.49 bits per heavy atom. The Hall–Kier alpha value is -4.99. The molecule has 10 heteroatoms. The molecule has 0 radical (unpaired) electrons. The topological polar surface area (TPSA) is 135 Å². The minimum atomic E-state index is -1.26. The van der Waals surface area contributed by atoms with Gasteiger partial charge in [0, 0.05) is 54.7 Å². The molecule has 0 fully saturated rings. The van der Waals surface area contributed by atoms with Gasteiger partial charge < -0.3 is 19.3 Å². The van der Waals surface area contributed by atoms with Gasteiger partial charge in [0.25, 0.3) is 11.8 Å². The van der Waals surface area contributed by atoms with Crippen molar-refractivity contribution >= 4 is 34.7 Å². The van der Waals surface area contributed by atoms with Crippen LogP contribution in [-0.2, 0) is 22.7 Å². The smallest absolute Gasteiger partial charge is 0.328 e. The van der Waals surface area contributed by atoms with Gasteiger partial charge in [0.2, 0.25) is 0 Å². The number of carboxylic acid groups (broad SMARTS) is 2. The van der Waals surface area contributed by atoms with Gasteiger partial charge in [0.1, 0.15) is 0 Å². The summed E-state index contributed by atoms with van der Waals surface area (Å²) < 4.78 is 4.25. The van der Waals surface area contributed by atoms with Crippen molar-refractivity contribution in [2.75, 3.05) is 6.54 Å². The minimum Gasteiger partial charge on any atom is -0.478 e. The molecule has 2 aromatic carbocycles. The van der Waals surface area contributed by atoms with E-state index in [9.17, 15) is 19.2 Å². The molecule has 0 bridgehead atoms. The molecule has 0 aliphatic carbocycles. The fraction of sp³-hybridized carbons (Fsp3) is 0.148. The molecule has 1 aliphatic rings. The summed E-state index contributed by atoms with van der Waals surface area (Å²) in [5.41, 5.74) is 3.39. The maximum Gasteiger partial charge on any atom is 0.328 e. The van der Waals surface area contributed by atoms with E-state index >= 15 is 0 Å². The molecule has 0 unspecified atom stereocenters. The number of nitrogens with zero attached hydrogens (tertiary/aromatic N) is 4. The van der Waals surface area contributed by atoms with Crippen molar-refractivity contribution in [2.24, 2.45) is 0 Å². The Bertz CT molecular complexity index is 1430. The van der Waals surface area contributed by atoms with E-state index in [1.54, 1.807) is 30.5 Å². The average Bonchev–Trinajstić information content (AvgIpc) is 3.59. The summed E-state index contributed by atoms with van der Waals surface area (Å²) in [6.45, 7) is 1.90. The largest absolute Gasteiger partial charge is 0.478 e. The molecule has 2 N–H and O–H groups in total. The van der Waals surface area contributed by atoms with E-state index in [-0.39, 0.29) is 11.8 Å². The summed E-state index contributed by atoms with van der Waals surface area (Å²) in [5.74, 6) is -2.90. The monoisotopic (exact) mass is 500 g/mol. The van der Waals surface area contributed by atoms with Crippen LogP contribution in [0.15, 0.2) is 85.6 Å². The maximum atomic E-state index is 12.5. The third-order valence-corrected chi connectivity index (χ3v) is 5.81. The number of carboxylic acids is 2. The second-order valence-electron chi connectivity index (χ2n) is 8.27. The number of para-hydroxylation sites is 1. The van der Waals surface area contributed by atoms with Crippen LogP contribution in [-0.4, -0.2) is 59.5 Å². The molecule has 0 saturated heterocycles. The number of hydrogen-bond acceptors (Lipinski definition) is 5. The molecule has 4 aromatic rings. The van der Waals surface area contributed by atoms with Crippen molar-refractivity contribution in [3.63, 3.8) is 0 Å². The first-order valence-electron chi connectivity index (χ1n) is 11.5. The van der Waals surface area contributed by atoms with Crippen LogP contribution < -0.4 is 0 Å². The summed E-state index contributed by atoms with van der Waals surface area (Å²) in [7, 11) is 0.